The molecule has 88 valence electrons. The second-order valence-electron chi connectivity index (χ2n) is 3.11. The van der Waals surface area contributed by atoms with E-state index in [-0.39, 0.29) is 11.4 Å². The predicted molar refractivity (Wildman–Crippen MR) is 59.9 cm³/mol. The summed E-state index contributed by atoms with van der Waals surface area (Å²) < 4.78 is 1.22. The Balaban J connectivity index is 2.27. The summed E-state index contributed by atoms with van der Waals surface area (Å²) in [6.45, 7) is 0. The normalized spacial score (nSPS) is 10.2. The maximum Gasteiger partial charge on any atom is 0.320 e. The molecule has 0 aliphatic carbocycles. The van der Waals surface area contributed by atoms with Gasteiger partial charge in [0.1, 0.15) is 11.2 Å². The van der Waals surface area contributed by atoms with Crippen LogP contribution in [0.2, 0.25) is 0 Å². The molecule has 9 heteroatoms. The maximum absolute atomic E-state index is 11.7. The van der Waals surface area contributed by atoms with Gasteiger partial charge in [-0.1, -0.05) is 0 Å². The Hall–Kier alpha value is -2.29. The van der Waals surface area contributed by atoms with E-state index in [4.69, 9.17) is 0 Å². The van der Waals surface area contributed by atoms with E-state index in [0.29, 0.717) is 5.00 Å². The molecule has 0 bridgehead atoms. The van der Waals surface area contributed by atoms with Gasteiger partial charge in [0.05, 0.1) is 16.6 Å². The van der Waals surface area contributed by atoms with Crippen molar-refractivity contribution in [1.82, 2.24) is 14.8 Å². The van der Waals surface area contributed by atoms with E-state index in [1.807, 2.05) is 0 Å². The number of nitro groups is 1. The van der Waals surface area contributed by atoms with E-state index in [1.165, 1.54) is 35.5 Å². The molecule has 2 aromatic rings. The Morgan fingerprint density at radius 1 is 1.65 bits per heavy atom. The van der Waals surface area contributed by atoms with Gasteiger partial charge in [-0.3, -0.25) is 24.6 Å². The first-order valence-electron chi connectivity index (χ1n) is 4.46. The third-order valence-electron chi connectivity index (χ3n) is 1.89. The number of rotatable bonds is 3. The second-order valence-corrected chi connectivity index (χ2v) is 4.00. The van der Waals surface area contributed by atoms with Gasteiger partial charge in [0.2, 0.25) is 5.69 Å². The van der Waals surface area contributed by atoms with Crippen molar-refractivity contribution in [1.29, 1.82) is 0 Å². The number of thiazole rings is 1. The van der Waals surface area contributed by atoms with Crippen molar-refractivity contribution in [2.45, 2.75) is 0 Å². The highest BCUT2D eigenvalue weighted by Crippen LogP contribution is 2.19. The topological polar surface area (TPSA) is 103 Å². The molecule has 0 aromatic carbocycles. The summed E-state index contributed by atoms with van der Waals surface area (Å²) in [6.07, 6.45) is 2.64. The van der Waals surface area contributed by atoms with Gasteiger partial charge in [0, 0.05) is 7.05 Å². The summed E-state index contributed by atoms with van der Waals surface area (Å²) in [5, 5.41) is 17.5. The average Bonchev–Trinajstić information content (AvgIpc) is 2.86. The van der Waals surface area contributed by atoms with Gasteiger partial charge >= 0.3 is 5.69 Å². The highest BCUT2D eigenvalue weighted by atomic mass is 32.1. The fourth-order valence-electron chi connectivity index (χ4n) is 1.22. The Bertz CT molecular complexity index is 562. The Morgan fingerprint density at radius 3 is 3.00 bits per heavy atom. The number of anilines is 1. The van der Waals surface area contributed by atoms with E-state index >= 15 is 0 Å². The standard InChI is InChI=1S/C8H7N5O3S/c1-12-3-5(13(15)16)7(11-12)8(14)10-6-2-9-4-17-6/h2-4H,1H3,(H,10,14). The van der Waals surface area contributed by atoms with Crippen LogP contribution in [-0.2, 0) is 7.05 Å². The maximum atomic E-state index is 11.7. The van der Waals surface area contributed by atoms with Crippen LogP contribution in [0.4, 0.5) is 10.7 Å². The number of aryl methyl sites for hydroxylation is 1. The van der Waals surface area contributed by atoms with Gasteiger partial charge < -0.3 is 5.32 Å². The molecule has 0 atom stereocenters. The molecule has 0 saturated heterocycles. The van der Waals surface area contributed by atoms with Crippen molar-refractivity contribution < 1.29 is 9.72 Å². The molecule has 0 aliphatic rings. The van der Waals surface area contributed by atoms with Gasteiger partial charge in [-0.05, 0) is 0 Å². The highest BCUT2D eigenvalue weighted by molar-refractivity contribution is 7.14. The largest absolute Gasteiger partial charge is 0.320 e. The summed E-state index contributed by atoms with van der Waals surface area (Å²) in [5.74, 6) is -0.624. The molecule has 0 radical (unpaired) electrons. The van der Waals surface area contributed by atoms with Crippen LogP contribution in [0, 0.1) is 10.1 Å². The van der Waals surface area contributed by atoms with E-state index in [9.17, 15) is 14.9 Å². The summed E-state index contributed by atoms with van der Waals surface area (Å²) in [7, 11) is 1.51. The van der Waals surface area contributed by atoms with Crippen LogP contribution in [0.5, 0.6) is 0 Å². The van der Waals surface area contributed by atoms with Crippen molar-refractivity contribution in [2.75, 3.05) is 5.32 Å². The first kappa shape index (κ1) is 11.2. The Labute approximate surface area is 99.0 Å². The lowest BCUT2D eigenvalue weighted by atomic mass is 10.3. The third kappa shape index (κ3) is 2.28. The number of carbonyl (C=O) groups is 1. The van der Waals surface area contributed by atoms with Crippen molar-refractivity contribution in [3.8, 4) is 0 Å². The van der Waals surface area contributed by atoms with Crippen LogP contribution in [0.15, 0.2) is 17.9 Å². The number of amides is 1. The monoisotopic (exact) mass is 253 g/mol. The molecular weight excluding hydrogens is 246 g/mol. The number of hydrogen-bond acceptors (Lipinski definition) is 6. The first-order chi connectivity index (χ1) is 8.08. The van der Waals surface area contributed by atoms with Crippen LogP contribution in [0.25, 0.3) is 0 Å². The van der Waals surface area contributed by atoms with Crippen molar-refractivity contribution in [3.63, 3.8) is 0 Å². The molecule has 17 heavy (non-hydrogen) atoms. The summed E-state index contributed by atoms with van der Waals surface area (Å²) in [5.41, 5.74) is 1.00. The zero-order valence-corrected chi connectivity index (χ0v) is 9.47. The molecule has 2 rings (SSSR count). The molecule has 1 amide bonds. The minimum Gasteiger partial charge on any atom is -0.311 e. The lowest BCUT2D eigenvalue weighted by Gasteiger charge is -1.97. The van der Waals surface area contributed by atoms with Crippen molar-refractivity contribution in [2.24, 2.45) is 7.05 Å². The lowest BCUT2D eigenvalue weighted by molar-refractivity contribution is -0.385. The molecule has 2 heterocycles. The van der Waals surface area contributed by atoms with Gasteiger partial charge in [-0.25, -0.2) is 0 Å². The zero-order valence-electron chi connectivity index (χ0n) is 8.65. The Kier molecular flexibility index (Phi) is 2.83. The fourth-order valence-corrected chi connectivity index (χ4v) is 1.73. The highest BCUT2D eigenvalue weighted by Gasteiger charge is 2.25. The van der Waals surface area contributed by atoms with Crippen LogP contribution in [0.3, 0.4) is 0 Å². The number of nitrogens with zero attached hydrogens (tertiary/aromatic N) is 4. The summed E-state index contributed by atoms with van der Waals surface area (Å²) >= 11 is 1.22. The molecule has 0 saturated carbocycles. The van der Waals surface area contributed by atoms with Crippen LogP contribution >= 0.6 is 11.3 Å². The molecule has 1 N–H and O–H groups in total. The van der Waals surface area contributed by atoms with Crippen molar-refractivity contribution in [3.05, 3.63) is 33.7 Å². The quantitative estimate of drug-likeness (QED) is 0.650. The SMILES string of the molecule is Cn1cc([N+](=O)[O-])c(C(=O)Nc2cncs2)n1. The molecule has 8 nitrogen and oxygen atoms in total. The van der Waals surface area contributed by atoms with Gasteiger partial charge in [-0.15, -0.1) is 11.3 Å². The van der Waals surface area contributed by atoms with E-state index in [1.54, 1.807) is 5.51 Å². The van der Waals surface area contributed by atoms with E-state index in [2.05, 4.69) is 15.4 Å². The zero-order chi connectivity index (χ0) is 12.4. The van der Waals surface area contributed by atoms with Crippen molar-refractivity contribution >= 4 is 27.9 Å². The minimum atomic E-state index is -0.644. The second kappa shape index (κ2) is 4.29. The van der Waals surface area contributed by atoms with E-state index < -0.39 is 10.8 Å². The molecule has 2 aromatic heterocycles. The minimum absolute atomic E-state index is 0.217. The molecule has 0 unspecified atom stereocenters. The molecule has 0 spiro atoms. The third-order valence-corrected chi connectivity index (χ3v) is 2.58. The summed E-state index contributed by atoms with van der Waals surface area (Å²) in [6, 6.07) is 0. The van der Waals surface area contributed by atoms with E-state index in [0.717, 1.165) is 0 Å². The first-order valence-corrected chi connectivity index (χ1v) is 5.34. The average molecular weight is 253 g/mol. The van der Waals surface area contributed by atoms with Gasteiger partial charge in [0.15, 0.2) is 0 Å². The van der Waals surface area contributed by atoms with Crippen LogP contribution in [0.1, 0.15) is 10.5 Å². The summed E-state index contributed by atoms with van der Waals surface area (Å²) in [4.78, 5) is 25.6. The Morgan fingerprint density at radius 2 is 2.41 bits per heavy atom. The smallest absolute Gasteiger partial charge is 0.311 e. The molecular formula is C8H7N5O3S. The van der Waals surface area contributed by atoms with Crippen LogP contribution < -0.4 is 5.32 Å². The predicted octanol–water partition coefficient (Wildman–Crippen LogP) is 1.04. The number of nitrogens with one attached hydrogen (secondary N) is 1. The number of aromatic nitrogens is 3. The van der Waals surface area contributed by atoms with Crippen LogP contribution in [-0.4, -0.2) is 25.6 Å². The number of hydrogen-bond donors (Lipinski definition) is 1. The van der Waals surface area contributed by atoms with Gasteiger partial charge in [0.25, 0.3) is 5.91 Å². The number of carbonyl (C=O) groups excluding carboxylic acids is 1. The fraction of sp³-hybridized carbons (Fsp3) is 0.125. The molecule has 0 fully saturated rings. The van der Waals surface area contributed by atoms with Gasteiger partial charge in [-0.2, -0.15) is 5.10 Å². The lowest BCUT2D eigenvalue weighted by Crippen LogP contribution is -2.13. The molecule has 0 aliphatic heterocycles.